The van der Waals surface area contributed by atoms with Gasteiger partial charge in [0.25, 0.3) is 5.91 Å². The first kappa shape index (κ1) is 20.7. The highest BCUT2D eigenvalue weighted by atomic mass is 16.5. The lowest BCUT2D eigenvalue weighted by atomic mass is 9.86. The van der Waals surface area contributed by atoms with E-state index in [1.54, 1.807) is 12.1 Å². The van der Waals surface area contributed by atoms with Gasteiger partial charge in [0.1, 0.15) is 5.70 Å². The van der Waals surface area contributed by atoms with E-state index >= 15 is 0 Å². The van der Waals surface area contributed by atoms with E-state index in [0.29, 0.717) is 5.92 Å². The lowest BCUT2D eigenvalue weighted by molar-refractivity contribution is -0.152. The van der Waals surface area contributed by atoms with Gasteiger partial charge in [-0.2, -0.15) is 0 Å². The number of amides is 2. The summed E-state index contributed by atoms with van der Waals surface area (Å²) in [6, 6.07) is 9.22. The van der Waals surface area contributed by atoms with Crippen LogP contribution in [0.5, 0.6) is 0 Å². The number of rotatable bonds is 6. The molecule has 1 fully saturated rings. The Labute approximate surface area is 160 Å². The lowest BCUT2D eigenvalue weighted by Crippen LogP contribution is -2.46. The van der Waals surface area contributed by atoms with Gasteiger partial charge in [-0.1, -0.05) is 50.1 Å². The Hall–Kier alpha value is -2.63. The molecule has 0 aliphatic heterocycles. The van der Waals surface area contributed by atoms with Crippen LogP contribution < -0.4 is 10.6 Å². The van der Waals surface area contributed by atoms with Gasteiger partial charge < -0.3 is 15.4 Å². The fourth-order valence-electron chi connectivity index (χ4n) is 3.16. The molecule has 27 heavy (non-hydrogen) atoms. The normalized spacial score (nSPS) is 21.1. The van der Waals surface area contributed by atoms with Crippen molar-refractivity contribution in [2.75, 3.05) is 0 Å². The van der Waals surface area contributed by atoms with Crippen molar-refractivity contribution in [1.82, 2.24) is 10.6 Å². The van der Waals surface area contributed by atoms with E-state index in [-0.39, 0.29) is 23.6 Å². The first-order chi connectivity index (χ1) is 12.9. The van der Waals surface area contributed by atoms with Crippen molar-refractivity contribution in [1.29, 1.82) is 0 Å². The van der Waals surface area contributed by atoms with Crippen molar-refractivity contribution >= 4 is 23.9 Å². The number of carbonyl (C=O) groups is 3. The fraction of sp³-hybridized carbons (Fsp3) is 0.476. The van der Waals surface area contributed by atoms with E-state index in [1.807, 2.05) is 18.2 Å². The summed E-state index contributed by atoms with van der Waals surface area (Å²) in [6.45, 7) is 4.97. The van der Waals surface area contributed by atoms with Crippen LogP contribution in [0.4, 0.5) is 0 Å². The van der Waals surface area contributed by atoms with Crippen molar-refractivity contribution in [3.63, 3.8) is 0 Å². The molecule has 3 atom stereocenters. The minimum absolute atomic E-state index is 0.000570. The van der Waals surface area contributed by atoms with Gasteiger partial charge in [-0.25, -0.2) is 4.79 Å². The predicted molar refractivity (Wildman–Crippen MR) is 103 cm³/mol. The van der Waals surface area contributed by atoms with E-state index in [1.165, 1.54) is 26.3 Å². The topological polar surface area (TPSA) is 84.5 Å². The average Bonchev–Trinajstić information content (AvgIpc) is 2.63. The Bertz CT molecular complexity index is 699. The van der Waals surface area contributed by atoms with Gasteiger partial charge in [0.05, 0.1) is 0 Å². The molecule has 1 saturated carbocycles. The number of nitrogens with one attached hydrogen (secondary N) is 2. The summed E-state index contributed by atoms with van der Waals surface area (Å²) in [4.78, 5) is 36.3. The maximum Gasteiger partial charge on any atom is 0.355 e. The zero-order valence-electron chi connectivity index (χ0n) is 16.2. The first-order valence-corrected chi connectivity index (χ1v) is 9.42. The number of benzene rings is 1. The van der Waals surface area contributed by atoms with E-state index in [0.717, 1.165) is 24.8 Å². The van der Waals surface area contributed by atoms with Crippen molar-refractivity contribution in [2.24, 2.45) is 5.92 Å². The minimum Gasteiger partial charge on any atom is -0.448 e. The van der Waals surface area contributed by atoms with Crippen LogP contribution in [0.1, 0.15) is 52.0 Å². The van der Waals surface area contributed by atoms with Crippen LogP contribution >= 0.6 is 0 Å². The molecule has 1 aliphatic rings. The molecule has 1 aliphatic carbocycles. The molecule has 6 nitrogen and oxygen atoms in total. The molecule has 146 valence electrons. The third-order valence-corrected chi connectivity index (χ3v) is 4.73. The number of ether oxygens (including phenoxy) is 1. The van der Waals surface area contributed by atoms with Crippen molar-refractivity contribution in [2.45, 2.75) is 58.6 Å². The molecule has 6 heteroatoms. The van der Waals surface area contributed by atoms with Crippen LogP contribution in [-0.4, -0.2) is 29.9 Å². The van der Waals surface area contributed by atoms with Gasteiger partial charge in [-0.15, -0.1) is 0 Å². The van der Waals surface area contributed by atoms with Gasteiger partial charge in [-0.3, -0.25) is 9.59 Å². The third kappa shape index (κ3) is 6.55. The molecule has 1 aromatic carbocycles. The molecule has 0 bridgehead atoms. The summed E-state index contributed by atoms with van der Waals surface area (Å²) in [5.41, 5.74) is 0.741. The van der Waals surface area contributed by atoms with Crippen LogP contribution in [-0.2, 0) is 19.1 Å². The lowest BCUT2D eigenvalue weighted by Gasteiger charge is -2.30. The maximum atomic E-state index is 12.5. The minimum atomic E-state index is -0.945. The molecule has 0 aromatic heterocycles. The molecule has 1 aromatic rings. The molecule has 2 N–H and O–H groups in total. The number of esters is 1. The van der Waals surface area contributed by atoms with Crippen LogP contribution in [0.2, 0.25) is 0 Å². The SMILES string of the molecule is CC(=O)N/C(=C\c1ccccc1)C(=O)O[C@H](C)C(=O)N[C@H]1CCCC[C@@H]1C. The highest BCUT2D eigenvalue weighted by Crippen LogP contribution is 2.23. The van der Waals surface area contributed by atoms with Crippen LogP contribution in [0.25, 0.3) is 6.08 Å². The van der Waals surface area contributed by atoms with E-state index in [2.05, 4.69) is 17.6 Å². The molecular weight excluding hydrogens is 344 g/mol. The number of carbonyl (C=O) groups excluding carboxylic acids is 3. The summed E-state index contributed by atoms with van der Waals surface area (Å²) in [5, 5.41) is 5.46. The highest BCUT2D eigenvalue weighted by Gasteiger charge is 2.27. The van der Waals surface area contributed by atoms with E-state index in [9.17, 15) is 14.4 Å². The Balaban J connectivity index is 2.01. The summed E-state index contributed by atoms with van der Waals surface area (Å²) >= 11 is 0. The monoisotopic (exact) mass is 372 g/mol. The molecular formula is C21H28N2O4. The zero-order valence-corrected chi connectivity index (χ0v) is 16.2. The standard InChI is InChI=1S/C21H28N2O4/c1-14-9-7-8-12-18(14)23-20(25)15(2)27-21(26)19(22-16(3)24)13-17-10-5-4-6-11-17/h4-6,10-11,13-15,18H,7-9,12H2,1-3H3,(H,22,24)(H,23,25)/b19-13-/t14-,15+,18-/m0/s1. The predicted octanol–water partition coefficient (Wildman–Crippen LogP) is 2.79. The van der Waals surface area contributed by atoms with Crippen molar-refractivity contribution in [3.8, 4) is 0 Å². The Morgan fingerprint density at radius 3 is 2.44 bits per heavy atom. The van der Waals surface area contributed by atoms with Crippen LogP contribution in [0.3, 0.4) is 0 Å². The van der Waals surface area contributed by atoms with E-state index < -0.39 is 12.1 Å². The van der Waals surface area contributed by atoms with Crippen LogP contribution in [0.15, 0.2) is 36.0 Å². The maximum absolute atomic E-state index is 12.5. The van der Waals surface area contributed by atoms with Gasteiger partial charge >= 0.3 is 5.97 Å². The van der Waals surface area contributed by atoms with Gasteiger partial charge in [-0.05, 0) is 37.3 Å². The van der Waals surface area contributed by atoms with Gasteiger partial charge in [0.2, 0.25) is 5.91 Å². The highest BCUT2D eigenvalue weighted by molar-refractivity contribution is 5.98. The number of hydrogen-bond donors (Lipinski definition) is 2. The zero-order chi connectivity index (χ0) is 19.8. The second kappa shape index (κ2) is 9.90. The summed E-state index contributed by atoms with van der Waals surface area (Å²) < 4.78 is 5.29. The smallest absolute Gasteiger partial charge is 0.355 e. The quantitative estimate of drug-likeness (QED) is 0.594. The van der Waals surface area contributed by atoms with Crippen LogP contribution in [0, 0.1) is 5.92 Å². The second-order valence-corrected chi connectivity index (χ2v) is 7.07. The summed E-state index contributed by atoms with van der Waals surface area (Å²) in [5.74, 6) is -1.03. The van der Waals surface area contributed by atoms with Gasteiger partial charge in [0.15, 0.2) is 6.10 Å². The van der Waals surface area contributed by atoms with Crippen molar-refractivity contribution < 1.29 is 19.1 Å². The molecule has 0 heterocycles. The molecule has 2 amide bonds. The molecule has 0 unspecified atom stereocenters. The Kier molecular flexibility index (Phi) is 7.58. The molecule has 0 saturated heterocycles. The summed E-state index contributed by atoms with van der Waals surface area (Å²) in [6.07, 6.45) is 4.89. The van der Waals surface area contributed by atoms with E-state index in [4.69, 9.17) is 4.74 Å². The Morgan fingerprint density at radius 1 is 1.15 bits per heavy atom. The number of hydrogen-bond acceptors (Lipinski definition) is 4. The fourth-order valence-corrected chi connectivity index (χ4v) is 3.16. The third-order valence-electron chi connectivity index (χ3n) is 4.73. The second-order valence-electron chi connectivity index (χ2n) is 7.07. The van der Waals surface area contributed by atoms with Gasteiger partial charge in [0, 0.05) is 13.0 Å². The molecule has 2 rings (SSSR count). The molecule has 0 spiro atoms. The average molecular weight is 372 g/mol. The Morgan fingerprint density at radius 2 is 1.81 bits per heavy atom. The largest absolute Gasteiger partial charge is 0.448 e. The molecule has 0 radical (unpaired) electrons. The van der Waals surface area contributed by atoms with Crippen molar-refractivity contribution in [3.05, 3.63) is 41.6 Å². The summed E-state index contributed by atoms with van der Waals surface area (Å²) in [7, 11) is 0. The first-order valence-electron chi connectivity index (χ1n) is 9.42.